The number of carbonyl (C=O) groups excluding carboxylic acids is 1. The minimum atomic E-state index is 0.0238. The zero-order valence-electron chi connectivity index (χ0n) is 13.3. The Balaban J connectivity index is 1.42. The Morgan fingerprint density at radius 1 is 1.20 bits per heavy atom. The normalized spacial score (nSPS) is 15.5. The lowest BCUT2D eigenvalue weighted by Crippen LogP contribution is -2.38. The van der Waals surface area contributed by atoms with Crippen LogP contribution in [0.3, 0.4) is 0 Å². The third kappa shape index (κ3) is 3.65. The van der Waals surface area contributed by atoms with Crippen molar-refractivity contribution in [3.05, 3.63) is 51.3 Å². The lowest BCUT2D eigenvalue weighted by molar-refractivity contribution is 0.0707. The van der Waals surface area contributed by atoms with E-state index >= 15 is 0 Å². The molecule has 1 fully saturated rings. The third-order valence-corrected chi connectivity index (χ3v) is 6.99. The molecule has 3 aromatic heterocycles. The van der Waals surface area contributed by atoms with Gasteiger partial charge in [0.1, 0.15) is 10.7 Å². The molecule has 128 valence electrons. The highest BCUT2D eigenvalue weighted by Crippen LogP contribution is 2.33. The van der Waals surface area contributed by atoms with Crippen molar-refractivity contribution in [2.45, 2.75) is 18.8 Å². The number of amides is 1. The molecule has 0 N–H and O–H groups in total. The number of thiophene rings is 1. The van der Waals surface area contributed by atoms with Crippen molar-refractivity contribution >= 4 is 44.5 Å². The fourth-order valence-electron chi connectivity index (χ4n) is 2.97. The molecule has 1 aliphatic rings. The van der Waals surface area contributed by atoms with E-state index in [1.54, 1.807) is 23.7 Å². The van der Waals surface area contributed by atoms with E-state index in [0.717, 1.165) is 46.0 Å². The minimum absolute atomic E-state index is 0.0238. The summed E-state index contributed by atoms with van der Waals surface area (Å²) in [5.41, 5.74) is 1.57. The number of halogens is 1. The van der Waals surface area contributed by atoms with Gasteiger partial charge in [-0.25, -0.2) is 4.98 Å². The summed E-state index contributed by atoms with van der Waals surface area (Å²) < 4.78 is 1.04. The molecular weight excluding hydrogens is 420 g/mol. The summed E-state index contributed by atoms with van der Waals surface area (Å²) in [6, 6.07) is 2.03. The van der Waals surface area contributed by atoms with Crippen molar-refractivity contribution in [1.29, 1.82) is 0 Å². The van der Waals surface area contributed by atoms with Crippen molar-refractivity contribution in [3.8, 4) is 9.88 Å². The lowest BCUT2D eigenvalue weighted by Gasteiger charge is -2.31. The first kappa shape index (κ1) is 16.8. The first-order chi connectivity index (χ1) is 12.2. The summed E-state index contributed by atoms with van der Waals surface area (Å²) in [4.78, 5) is 28.8. The second kappa shape index (κ2) is 7.31. The van der Waals surface area contributed by atoms with Crippen LogP contribution in [-0.4, -0.2) is 38.8 Å². The number of thiazole rings is 1. The maximum Gasteiger partial charge on any atom is 0.273 e. The molecule has 1 amide bonds. The molecule has 0 radical (unpaired) electrons. The fourth-order valence-corrected chi connectivity index (χ4v) is 5.27. The van der Waals surface area contributed by atoms with Gasteiger partial charge in [0.15, 0.2) is 0 Å². The van der Waals surface area contributed by atoms with Crippen LogP contribution in [0, 0.1) is 0 Å². The molecule has 0 atom stereocenters. The summed E-state index contributed by atoms with van der Waals surface area (Å²) in [5, 5.41) is 4.78. The van der Waals surface area contributed by atoms with E-state index < -0.39 is 0 Å². The van der Waals surface area contributed by atoms with Gasteiger partial charge in [-0.2, -0.15) is 0 Å². The van der Waals surface area contributed by atoms with Crippen molar-refractivity contribution in [2.24, 2.45) is 0 Å². The highest BCUT2D eigenvalue weighted by Gasteiger charge is 2.26. The number of rotatable bonds is 3. The topological polar surface area (TPSA) is 59.0 Å². The molecule has 25 heavy (non-hydrogen) atoms. The number of likely N-dealkylation sites (tertiary alicyclic amines) is 1. The quantitative estimate of drug-likeness (QED) is 0.610. The van der Waals surface area contributed by atoms with E-state index in [-0.39, 0.29) is 5.91 Å². The Morgan fingerprint density at radius 2 is 2.04 bits per heavy atom. The number of aromatic nitrogens is 3. The van der Waals surface area contributed by atoms with E-state index in [0.29, 0.717) is 11.6 Å². The van der Waals surface area contributed by atoms with Gasteiger partial charge >= 0.3 is 0 Å². The van der Waals surface area contributed by atoms with Gasteiger partial charge in [-0.3, -0.25) is 14.8 Å². The van der Waals surface area contributed by atoms with Crippen molar-refractivity contribution in [1.82, 2.24) is 19.9 Å². The largest absolute Gasteiger partial charge is 0.337 e. The van der Waals surface area contributed by atoms with Crippen LogP contribution < -0.4 is 0 Å². The molecule has 1 saturated heterocycles. The van der Waals surface area contributed by atoms with Crippen LogP contribution in [0.2, 0.25) is 0 Å². The van der Waals surface area contributed by atoms with E-state index in [9.17, 15) is 4.79 Å². The number of carbonyl (C=O) groups is 1. The van der Waals surface area contributed by atoms with Gasteiger partial charge in [-0.05, 0) is 34.8 Å². The second-order valence-electron chi connectivity index (χ2n) is 5.86. The monoisotopic (exact) mass is 434 g/mol. The van der Waals surface area contributed by atoms with Gasteiger partial charge in [0.05, 0.1) is 10.6 Å². The molecule has 5 nitrogen and oxygen atoms in total. The Labute approximate surface area is 161 Å². The van der Waals surface area contributed by atoms with Crippen LogP contribution in [0.25, 0.3) is 9.88 Å². The first-order valence-electron chi connectivity index (χ1n) is 7.96. The fraction of sp³-hybridized carbons (Fsp3) is 0.294. The Hall–Kier alpha value is -1.64. The zero-order valence-corrected chi connectivity index (χ0v) is 16.5. The standard InChI is InChI=1S/C17H15BrN4OS2/c18-12-7-15(24-9-12)16-21-14(10-25-16)17(23)22-5-1-11(2-6-22)13-8-19-3-4-20-13/h3-4,7-11H,1-2,5-6H2. The number of nitrogens with zero attached hydrogens (tertiary/aromatic N) is 4. The van der Waals surface area contributed by atoms with Crippen LogP contribution in [0.1, 0.15) is 34.9 Å². The molecule has 0 aromatic carbocycles. The molecule has 3 aromatic rings. The van der Waals surface area contributed by atoms with Crippen molar-refractivity contribution < 1.29 is 4.79 Å². The summed E-state index contributed by atoms with van der Waals surface area (Å²) in [6.45, 7) is 1.47. The van der Waals surface area contributed by atoms with Crippen molar-refractivity contribution in [2.75, 3.05) is 13.1 Å². The molecule has 8 heteroatoms. The highest BCUT2D eigenvalue weighted by atomic mass is 79.9. The van der Waals surface area contributed by atoms with Gasteiger partial charge in [0, 0.05) is 52.8 Å². The van der Waals surface area contributed by atoms with E-state index in [1.165, 1.54) is 11.3 Å². The van der Waals surface area contributed by atoms with E-state index in [1.807, 2.05) is 27.9 Å². The highest BCUT2D eigenvalue weighted by molar-refractivity contribution is 9.10. The average Bonchev–Trinajstić information content (AvgIpc) is 3.31. The van der Waals surface area contributed by atoms with E-state index in [4.69, 9.17) is 0 Å². The van der Waals surface area contributed by atoms with Gasteiger partial charge in [0.25, 0.3) is 5.91 Å². The maximum atomic E-state index is 12.7. The molecule has 4 rings (SSSR count). The van der Waals surface area contributed by atoms with Gasteiger partial charge in [0.2, 0.25) is 0 Å². The van der Waals surface area contributed by atoms with Crippen LogP contribution in [0.5, 0.6) is 0 Å². The summed E-state index contributed by atoms with van der Waals surface area (Å²) in [5.74, 6) is 0.405. The number of hydrogen-bond donors (Lipinski definition) is 0. The molecule has 0 unspecified atom stereocenters. The van der Waals surface area contributed by atoms with Gasteiger partial charge in [-0.1, -0.05) is 0 Å². The average molecular weight is 435 g/mol. The third-order valence-electron chi connectivity index (χ3n) is 4.29. The molecule has 4 heterocycles. The molecule has 0 spiro atoms. The van der Waals surface area contributed by atoms with Crippen LogP contribution in [0.4, 0.5) is 0 Å². The molecule has 0 bridgehead atoms. The zero-order chi connectivity index (χ0) is 17.2. The molecule has 1 aliphatic heterocycles. The van der Waals surface area contributed by atoms with Gasteiger partial charge < -0.3 is 4.90 Å². The smallest absolute Gasteiger partial charge is 0.273 e. The maximum absolute atomic E-state index is 12.7. The van der Waals surface area contributed by atoms with Crippen molar-refractivity contribution in [3.63, 3.8) is 0 Å². The predicted octanol–water partition coefficient (Wildman–Crippen LogP) is 4.44. The Bertz CT molecular complexity index is 872. The number of hydrogen-bond acceptors (Lipinski definition) is 6. The summed E-state index contributed by atoms with van der Waals surface area (Å²) in [6.07, 6.45) is 7.08. The van der Waals surface area contributed by atoms with Crippen LogP contribution in [0.15, 0.2) is 39.9 Å². The molecular formula is C17H15BrN4OS2. The second-order valence-corrected chi connectivity index (χ2v) is 8.55. The van der Waals surface area contributed by atoms with Gasteiger partial charge in [-0.15, -0.1) is 22.7 Å². The van der Waals surface area contributed by atoms with E-state index in [2.05, 4.69) is 30.9 Å². The van der Waals surface area contributed by atoms with Crippen LogP contribution >= 0.6 is 38.6 Å². The summed E-state index contributed by atoms with van der Waals surface area (Å²) in [7, 11) is 0. The Morgan fingerprint density at radius 3 is 2.72 bits per heavy atom. The predicted molar refractivity (Wildman–Crippen MR) is 103 cm³/mol. The summed E-state index contributed by atoms with van der Waals surface area (Å²) >= 11 is 6.60. The van der Waals surface area contributed by atoms with Crippen LogP contribution in [-0.2, 0) is 0 Å². The minimum Gasteiger partial charge on any atom is -0.337 e. The first-order valence-corrected chi connectivity index (χ1v) is 10.5. The Kier molecular flexibility index (Phi) is 4.91. The lowest BCUT2D eigenvalue weighted by atomic mass is 9.93. The molecule has 0 aliphatic carbocycles. The SMILES string of the molecule is O=C(c1csc(-c2cc(Br)cs2)n1)N1CCC(c2cnccn2)CC1. The number of piperidine rings is 1. The molecule has 0 saturated carbocycles.